The van der Waals surface area contributed by atoms with Crippen molar-refractivity contribution < 1.29 is 0 Å². The first-order chi connectivity index (χ1) is 4.47. The monoisotopic (exact) mass is 157 g/mol. The van der Waals surface area contributed by atoms with Gasteiger partial charge in [0.2, 0.25) is 0 Å². The van der Waals surface area contributed by atoms with E-state index in [0.29, 0.717) is 0 Å². The normalized spacial score (nSPS) is 7.90. The Bertz CT molecular complexity index is 156. The molecule has 0 aliphatic heterocycles. The number of rotatable bonds is 1. The Hall–Kier alpha value is -1.16. The molecule has 0 aliphatic rings. The molecule has 0 rings (SSSR count). The molecule has 0 aromatic heterocycles. The van der Waals surface area contributed by atoms with E-state index in [0.717, 1.165) is 0 Å². The summed E-state index contributed by atoms with van der Waals surface area (Å²) < 4.78 is 3.58. The summed E-state index contributed by atoms with van der Waals surface area (Å²) in [6.07, 6.45) is 0. The summed E-state index contributed by atoms with van der Waals surface area (Å²) in [5, 5.41) is 0. The van der Waals surface area contributed by atoms with Crippen LogP contribution in [-0.4, -0.2) is 8.24 Å². The van der Waals surface area contributed by atoms with Crippen LogP contribution in [0.1, 0.15) is 0 Å². The SMILES string of the molecule is C[Si](C)(C)N=[N+]=[N-].[N-]=[N+]=[N-]. The molecule has 0 atom stereocenters. The fourth-order valence-electron chi connectivity index (χ4n) is 0.134. The highest BCUT2D eigenvalue weighted by Crippen LogP contribution is 2.00. The molecule has 0 bridgehead atoms. The molecule has 0 amide bonds. The molecule has 0 aromatic carbocycles. The minimum Gasteiger partial charge on any atom is -0.373 e. The third kappa shape index (κ3) is 28.9. The zero-order chi connectivity index (χ0) is 8.62. The van der Waals surface area contributed by atoms with Crippen molar-refractivity contribution in [1.29, 1.82) is 0 Å². The fourth-order valence-corrected chi connectivity index (χ4v) is 0.402. The van der Waals surface area contributed by atoms with Gasteiger partial charge in [0.1, 0.15) is 8.24 Å². The second kappa shape index (κ2) is 5.96. The van der Waals surface area contributed by atoms with E-state index in [9.17, 15) is 0 Å². The molecule has 0 radical (unpaired) electrons. The lowest BCUT2D eigenvalue weighted by Gasteiger charge is -2.01. The average molecular weight is 157 g/mol. The number of hydrogen-bond acceptors (Lipinski definition) is 1. The van der Waals surface area contributed by atoms with Gasteiger partial charge in [0.25, 0.3) is 0 Å². The summed E-state index contributed by atoms with van der Waals surface area (Å²) in [6, 6.07) is 0. The van der Waals surface area contributed by atoms with E-state index >= 15 is 0 Å². The summed E-state index contributed by atoms with van der Waals surface area (Å²) in [5.74, 6) is 0. The fraction of sp³-hybridized carbons (Fsp3) is 1.00. The minimum atomic E-state index is -1.45. The van der Waals surface area contributed by atoms with Crippen LogP contribution >= 0.6 is 0 Å². The van der Waals surface area contributed by atoms with Crippen molar-refractivity contribution in [3.05, 3.63) is 26.4 Å². The van der Waals surface area contributed by atoms with Crippen LogP contribution in [0.2, 0.25) is 19.6 Å². The molecule has 0 saturated heterocycles. The van der Waals surface area contributed by atoms with Crippen molar-refractivity contribution in [1.82, 2.24) is 0 Å². The first-order valence-corrected chi connectivity index (χ1v) is 5.97. The van der Waals surface area contributed by atoms with Crippen molar-refractivity contribution in [2.24, 2.45) is 4.78 Å². The lowest BCUT2D eigenvalue weighted by atomic mass is 11.8. The second-order valence-electron chi connectivity index (χ2n) is 2.45. The molecule has 0 fully saturated rings. The molecule has 7 heteroatoms. The van der Waals surface area contributed by atoms with Crippen molar-refractivity contribution in [3.8, 4) is 0 Å². The standard InChI is InChI=1S/C3H9N3Si.N3/c1-7(2,3)6-5-4;1-3-2/h1-3H3;/q;-1. The maximum atomic E-state index is 7.89. The quantitative estimate of drug-likeness (QED) is 0.241. The van der Waals surface area contributed by atoms with Gasteiger partial charge in [-0.2, -0.15) is 0 Å². The van der Waals surface area contributed by atoms with Gasteiger partial charge >= 0.3 is 0 Å². The zero-order valence-corrected chi connectivity index (χ0v) is 7.18. The molecule has 0 heterocycles. The average Bonchev–Trinajstić information content (AvgIpc) is 1.63. The maximum Gasteiger partial charge on any atom is 0.146 e. The van der Waals surface area contributed by atoms with E-state index in [-0.39, 0.29) is 0 Å². The molecule has 10 heavy (non-hydrogen) atoms. The van der Waals surface area contributed by atoms with Gasteiger partial charge in [-0.1, -0.05) is 19.6 Å². The highest BCUT2D eigenvalue weighted by Gasteiger charge is 2.07. The molecule has 0 N–H and O–H groups in total. The van der Waals surface area contributed by atoms with Crippen LogP contribution in [-0.2, 0) is 0 Å². The molecule has 0 aromatic rings. The van der Waals surface area contributed by atoms with Crippen molar-refractivity contribution in [2.45, 2.75) is 19.6 Å². The second-order valence-corrected chi connectivity index (χ2v) is 6.99. The van der Waals surface area contributed by atoms with Crippen molar-refractivity contribution in [2.75, 3.05) is 0 Å². The Morgan fingerprint density at radius 1 is 1.10 bits per heavy atom. The molecule has 0 aliphatic carbocycles. The Kier molecular flexibility index (Phi) is 6.93. The molecule has 0 spiro atoms. The summed E-state index contributed by atoms with van der Waals surface area (Å²) in [5.41, 5.74) is 21.4. The van der Waals surface area contributed by atoms with Gasteiger partial charge in [0.05, 0.1) is 0 Å². The molecule has 56 valence electrons. The van der Waals surface area contributed by atoms with Crippen LogP contribution in [0, 0.1) is 0 Å². The van der Waals surface area contributed by atoms with Gasteiger partial charge in [-0.05, 0) is 10.4 Å². The van der Waals surface area contributed by atoms with Gasteiger partial charge in [-0.3, -0.25) is 4.91 Å². The van der Waals surface area contributed by atoms with Crippen molar-refractivity contribution >= 4 is 8.24 Å². The van der Waals surface area contributed by atoms with E-state index in [2.05, 4.69) is 9.69 Å². The molecule has 0 saturated carbocycles. The predicted molar refractivity (Wildman–Crippen MR) is 42.6 cm³/mol. The van der Waals surface area contributed by atoms with Crippen molar-refractivity contribution in [3.63, 3.8) is 0 Å². The topological polar surface area (TPSA) is 107 Å². The summed E-state index contributed by atoms with van der Waals surface area (Å²) in [6.45, 7) is 5.98. The zero-order valence-electron chi connectivity index (χ0n) is 6.18. The predicted octanol–water partition coefficient (Wildman–Crippen LogP) is 3.00. The lowest BCUT2D eigenvalue weighted by molar-refractivity contribution is 1.52. The number of nitrogens with zero attached hydrogens (tertiary/aromatic N) is 6. The Morgan fingerprint density at radius 2 is 1.40 bits per heavy atom. The van der Waals surface area contributed by atoms with Gasteiger partial charge in [0, 0.05) is 0 Å². The van der Waals surface area contributed by atoms with Crippen LogP contribution in [0.3, 0.4) is 0 Å². The van der Waals surface area contributed by atoms with Crippen LogP contribution in [0.15, 0.2) is 4.78 Å². The lowest BCUT2D eigenvalue weighted by Crippen LogP contribution is -2.13. The summed E-state index contributed by atoms with van der Waals surface area (Å²) >= 11 is 0. The first-order valence-electron chi connectivity index (χ1n) is 2.52. The minimum absolute atomic E-state index is 1.45. The van der Waals surface area contributed by atoms with E-state index in [1.54, 1.807) is 0 Å². The number of hydrogen-bond donors (Lipinski definition) is 0. The largest absolute Gasteiger partial charge is 0.373 e. The maximum absolute atomic E-state index is 7.89. The van der Waals surface area contributed by atoms with Crippen LogP contribution in [0.4, 0.5) is 0 Å². The van der Waals surface area contributed by atoms with Crippen LogP contribution < -0.4 is 0 Å². The summed E-state index contributed by atoms with van der Waals surface area (Å²) in [4.78, 5) is 4.19. The summed E-state index contributed by atoms with van der Waals surface area (Å²) in [7, 11) is -1.45. The van der Waals surface area contributed by atoms with Crippen LogP contribution in [0.25, 0.3) is 26.4 Å². The Morgan fingerprint density at radius 3 is 1.40 bits per heavy atom. The third-order valence-electron chi connectivity index (χ3n) is 0.345. The first kappa shape index (κ1) is 11.6. The van der Waals surface area contributed by atoms with Gasteiger partial charge in [-0.15, -0.1) is 4.78 Å². The Balaban J connectivity index is 0. The van der Waals surface area contributed by atoms with Gasteiger partial charge in [-0.25, -0.2) is 0 Å². The van der Waals surface area contributed by atoms with Gasteiger partial charge in [0.15, 0.2) is 0 Å². The van der Waals surface area contributed by atoms with E-state index in [1.165, 1.54) is 4.91 Å². The Labute approximate surface area is 60.0 Å². The highest BCUT2D eigenvalue weighted by atomic mass is 28.3. The highest BCUT2D eigenvalue weighted by molar-refractivity contribution is 6.74. The van der Waals surface area contributed by atoms with E-state index in [4.69, 9.17) is 16.6 Å². The third-order valence-corrected chi connectivity index (χ3v) is 1.03. The van der Waals surface area contributed by atoms with E-state index < -0.39 is 8.24 Å². The van der Waals surface area contributed by atoms with Gasteiger partial charge < -0.3 is 11.1 Å². The molecular weight excluding hydrogens is 148 g/mol. The molecule has 6 nitrogen and oxygen atoms in total. The smallest absolute Gasteiger partial charge is 0.146 e. The number of azide groups is 1. The van der Waals surface area contributed by atoms with E-state index in [1.807, 2.05) is 19.6 Å². The molecule has 0 unspecified atom stereocenters. The molecular formula is C3H9N6Si-. The van der Waals surface area contributed by atoms with Crippen LogP contribution in [0.5, 0.6) is 0 Å².